The minimum atomic E-state index is -5.17. The Balaban J connectivity index is 2.14. The third kappa shape index (κ3) is 5.51. The molecule has 2 unspecified atom stereocenters. The molecule has 0 saturated carbocycles. The second-order valence-corrected chi connectivity index (χ2v) is 11.4. The van der Waals surface area contributed by atoms with Gasteiger partial charge in [-0.3, -0.25) is 4.79 Å². The molecule has 2 aliphatic rings. The molecule has 4 N–H and O–H groups in total. The SMILES string of the molecule is CNC(=O)N1CCN2C(=O)C(CCO)(CCO)CC2C1(c1ccccc1C)[C@@H](CO)c1cc(C(F)(F)F)cc(C(F)(F)F)c1. The van der Waals surface area contributed by atoms with Gasteiger partial charge in [-0.15, -0.1) is 0 Å². The van der Waals surface area contributed by atoms with Crippen molar-refractivity contribution < 1.29 is 51.3 Å². The van der Waals surface area contributed by atoms with E-state index >= 15 is 0 Å². The molecule has 2 heterocycles. The van der Waals surface area contributed by atoms with Crippen LogP contribution in [0, 0.1) is 12.3 Å². The zero-order valence-corrected chi connectivity index (χ0v) is 24.2. The highest BCUT2D eigenvalue weighted by atomic mass is 19.4. The Hall–Kier alpha value is -3.36. The van der Waals surface area contributed by atoms with Crippen LogP contribution in [0.25, 0.3) is 0 Å². The van der Waals surface area contributed by atoms with E-state index in [1.165, 1.54) is 16.8 Å². The molecule has 0 bridgehead atoms. The molecule has 0 aromatic heterocycles. The first kappa shape index (κ1) is 33.5. The molecule has 2 saturated heterocycles. The fraction of sp³-hybridized carbons (Fsp3) is 0.533. The number of amides is 3. The second kappa shape index (κ2) is 12.2. The Labute approximate surface area is 250 Å². The molecule has 44 heavy (non-hydrogen) atoms. The first-order chi connectivity index (χ1) is 20.6. The summed E-state index contributed by atoms with van der Waals surface area (Å²) >= 11 is 0. The van der Waals surface area contributed by atoms with Gasteiger partial charge in [0.05, 0.1) is 34.7 Å². The largest absolute Gasteiger partial charge is 0.416 e. The lowest BCUT2D eigenvalue weighted by molar-refractivity contribution is -0.143. The molecule has 3 amide bonds. The van der Waals surface area contributed by atoms with Crippen LogP contribution in [0.15, 0.2) is 42.5 Å². The third-order valence-corrected chi connectivity index (χ3v) is 9.14. The molecule has 14 heteroatoms. The first-order valence-electron chi connectivity index (χ1n) is 14.1. The van der Waals surface area contributed by atoms with E-state index in [2.05, 4.69) is 5.32 Å². The molecule has 242 valence electrons. The van der Waals surface area contributed by atoms with Gasteiger partial charge in [0.25, 0.3) is 0 Å². The lowest BCUT2D eigenvalue weighted by Gasteiger charge is -2.58. The van der Waals surface area contributed by atoms with Crippen LogP contribution >= 0.6 is 0 Å². The van der Waals surface area contributed by atoms with Gasteiger partial charge in [0.2, 0.25) is 5.91 Å². The first-order valence-corrected chi connectivity index (χ1v) is 14.1. The van der Waals surface area contributed by atoms with Crippen LogP contribution < -0.4 is 5.32 Å². The van der Waals surface area contributed by atoms with Crippen molar-refractivity contribution in [3.63, 3.8) is 0 Å². The van der Waals surface area contributed by atoms with Crippen molar-refractivity contribution in [2.75, 3.05) is 40.0 Å². The highest BCUT2D eigenvalue weighted by molar-refractivity contribution is 5.87. The number of halogens is 6. The van der Waals surface area contributed by atoms with E-state index in [-0.39, 0.29) is 38.4 Å². The average molecular weight is 632 g/mol. The molecular weight excluding hydrogens is 596 g/mol. The molecule has 0 spiro atoms. The zero-order valence-electron chi connectivity index (χ0n) is 24.2. The molecule has 0 radical (unpaired) electrons. The van der Waals surface area contributed by atoms with E-state index in [0.29, 0.717) is 23.3 Å². The number of nitrogens with zero attached hydrogens (tertiary/aromatic N) is 2. The van der Waals surface area contributed by atoms with Crippen LogP contribution in [0.2, 0.25) is 0 Å². The number of piperazine rings is 1. The Morgan fingerprint density at radius 2 is 1.55 bits per heavy atom. The standard InChI is InChI=1S/C30H35F6N3O5/c1-18-5-3-4-6-22(18)28(23(17-42)19-13-20(29(31,32)33)15-21(14-19)30(34,35)36)24-16-27(7-11-40,8-12-41)25(43)38(24)9-10-39(28)26(44)37-2/h3-6,13-15,23-24,40-42H,7-12,16-17H2,1-2H3,(H,37,44)/t23-,24?,28?/m0/s1. The predicted octanol–water partition coefficient (Wildman–Crippen LogP) is 4.01. The number of carbonyl (C=O) groups excluding carboxylic acids is 2. The van der Waals surface area contributed by atoms with Crippen molar-refractivity contribution >= 4 is 11.9 Å². The molecule has 2 aromatic carbocycles. The van der Waals surface area contributed by atoms with Crippen LogP contribution in [-0.2, 0) is 22.7 Å². The maximum Gasteiger partial charge on any atom is 0.416 e. The minimum Gasteiger partial charge on any atom is -0.396 e. The lowest BCUT2D eigenvalue weighted by atomic mass is 9.64. The van der Waals surface area contributed by atoms with Gasteiger partial charge in [-0.05, 0) is 61.1 Å². The highest BCUT2D eigenvalue weighted by Crippen LogP contribution is 2.57. The summed E-state index contributed by atoms with van der Waals surface area (Å²) in [5.41, 5.74) is -6.07. The molecule has 2 fully saturated rings. The molecule has 2 aliphatic heterocycles. The van der Waals surface area contributed by atoms with Crippen molar-refractivity contribution in [2.24, 2.45) is 5.41 Å². The third-order valence-electron chi connectivity index (χ3n) is 9.14. The number of nitrogens with one attached hydrogen (secondary N) is 1. The Morgan fingerprint density at radius 3 is 2.02 bits per heavy atom. The Kier molecular flexibility index (Phi) is 9.30. The zero-order chi connectivity index (χ0) is 32.7. The van der Waals surface area contributed by atoms with Gasteiger partial charge in [0.1, 0.15) is 0 Å². The summed E-state index contributed by atoms with van der Waals surface area (Å²) in [6.45, 7) is -0.412. The average Bonchev–Trinajstić information content (AvgIpc) is 3.24. The number of benzene rings is 2. The van der Waals surface area contributed by atoms with Gasteiger partial charge in [0, 0.05) is 39.3 Å². The van der Waals surface area contributed by atoms with Gasteiger partial charge in [-0.1, -0.05) is 24.3 Å². The van der Waals surface area contributed by atoms with Crippen molar-refractivity contribution in [2.45, 2.75) is 56.0 Å². The topological polar surface area (TPSA) is 113 Å². The molecule has 3 atom stereocenters. The maximum atomic E-state index is 14.0. The smallest absolute Gasteiger partial charge is 0.396 e. The van der Waals surface area contributed by atoms with Crippen LogP contribution in [0.1, 0.15) is 53.0 Å². The van der Waals surface area contributed by atoms with E-state index in [0.717, 1.165) is 0 Å². The number of aliphatic hydroxyl groups excluding tert-OH is 3. The molecular formula is C30H35F6N3O5. The lowest BCUT2D eigenvalue weighted by Crippen LogP contribution is -2.70. The fourth-order valence-electron chi connectivity index (χ4n) is 7.25. The Bertz CT molecular complexity index is 1350. The predicted molar refractivity (Wildman–Crippen MR) is 146 cm³/mol. The molecule has 4 rings (SSSR count). The van der Waals surface area contributed by atoms with Gasteiger partial charge in [-0.2, -0.15) is 26.3 Å². The number of carbonyl (C=O) groups is 2. The van der Waals surface area contributed by atoms with Gasteiger partial charge < -0.3 is 30.4 Å². The Morgan fingerprint density at radius 1 is 0.977 bits per heavy atom. The molecule has 2 aromatic rings. The number of urea groups is 1. The van der Waals surface area contributed by atoms with Gasteiger partial charge in [0.15, 0.2) is 0 Å². The minimum absolute atomic E-state index is 0.00527. The number of alkyl halides is 6. The van der Waals surface area contributed by atoms with E-state index in [9.17, 15) is 51.3 Å². The van der Waals surface area contributed by atoms with E-state index in [1.54, 1.807) is 31.2 Å². The monoisotopic (exact) mass is 631 g/mol. The van der Waals surface area contributed by atoms with Crippen LogP contribution in [-0.4, -0.2) is 83.1 Å². The van der Waals surface area contributed by atoms with E-state index in [4.69, 9.17) is 0 Å². The van der Waals surface area contributed by atoms with Crippen molar-refractivity contribution in [3.05, 3.63) is 70.3 Å². The summed E-state index contributed by atoms with van der Waals surface area (Å²) in [4.78, 5) is 30.4. The highest BCUT2D eigenvalue weighted by Gasteiger charge is 2.65. The number of hydrogen-bond donors (Lipinski definition) is 4. The van der Waals surface area contributed by atoms with Crippen LogP contribution in [0.4, 0.5) is 31.1 Å². The van der Waals surface area contributed by atoms with Crippen molar-refractivity contribution in [1.29, 1.82) is 0 Å². The van der Waals surface area contributed by atoms with Crippen LogP contribution in [0.5, 0.6) is 0 Å². The summed E-state index contributed by atoms with van der Waals surface area (Å²) in [7, 11) is 1.32. The van der Waals surface area contributed by atoms with Crippen LogP contribution in [0.3, 0.4) is 0 Å². The number of fused-ring (bicyclic) bond motifs is 1. The summed E-state index contributed by atoms with van der Waals surface area (Å²) in [6, 6.07) is 5.80. The summed E-state index contributed by atoms with van der Waals surface area (Å²) < 4.78 is 84.1. The number of aryl methyl sites for hydroxylation is 1. The van der Waals surface area contributed by atoms with Gasteiger partial charge >= 0.3 is 18.4 Å². The quantitative estimate of drug-likeness (QED) is 0.329. The van der Waals surface area contributed by atoms with E-state index < -0.39 is 83.7 Å². The molecule has 0 aliphatic carbocycles. The van der Waals surface area contributed by atoms with Crippen molar-refractivity contribution in [3.8, 4) is 0 Å². The fourth-order valence-corrected chi connectivity index (χ4v) is 7.25. The summed E-state index contributed by atoms with van der Waals surface area (Å²) in [5, 5.41) is 33.3. The second-order valence-electron chi connectivity index (χ2n) is 11.4. The molecule has 8 nitrogen and oxygen atoms in total. The number of aliphatic hydroxyl groups is 3. The maximum absolute atomic E-state index is 14.0. The van der Waals surface area contributed by atoms with Crippen molar-refractivity contribution in [1.82, 2.24) is 15.1 Å². The van der Waals surface area contributed by atoms with E-state index in [1.807, 2.05) is 0 Å². The number of hydrogen-bond acceptors (Lipinski definition) is 5. The number of rotatable bonds is 8. The normalized spacial score (nSPS) is 22.6. The van der Waals surface area contributed by atoms with Gasteiger partial charge in [-0.25, -0.2) is 4.79 Å². The summed E-state index contributed by atoms with van der Waals surface area (Å²) in [6.07, 6.45) is -10.6. The summed E-state index contributed by atoms with van der Waals surface area (Å²) in [5.74, 6) is -2.05.